The zero-order chi connectivity index (χ0) is 20.4. The number of carbonyl (C=O) groups is 1. The number of fused-ring (bicyclic) bond motifs is 1. The summed E-state index contributed by atoms with van der Waals surface area (Å²) >= 11 is 1.41. The number of amides is 1. The second-order valence-electron chi connectivity index (χ2n) is 6.54. The van der Waals surface area contributed by atoms with E-state index in [1.54, 1.807) is 7.11 Å². The second kappa shape index (κ2) is 7.89. The molecule has 0 spiro atoms. The lowest BCUT2D eigenvalue weighted by molar-refractivity contribution is -0.115. The third-order valence-electron chi connectivity index (χ3n) is 4.64. The van der Waals surface area contributed by atoms with Gasteiger partial charge >= 0.3 is 0 Å². The Labute approximate surface area is 172 Å². The van der Waals surface area contributed by atoms with Crippen LogP contribution in [0, 0.1) is 0 Å². The van der Waals surface area contributed by atoms with Crippen LogP contribution in [0.15, 0.2) is 54.7 Å². The maximum absolute atomic E-state index is 11.5. The summed E-state index contributed by atoms with van der Waals surface area (Å²) < 4.78 is 9.89. The normalized spacial score (nSPS) is 10.8. The minimum atomic E-state index is -0.00511. The van der Waals surface area contributed by atoms with Crippen molar-refractivity contribution in [1.29, 1.82) is 0 Å². The van der Waals surface area contributed by atoms with Gasteiger partial charge in [0.05, 0.1) is 17.7 Å². The molecule has 1 amide bonds. The molecule has 7 heteroatoms. The molecule has 2 heterocycles. The molecule has 0 aliphatic carbocycles. The molecule has 0 fully saturated rings. The monoisotopic (exact) mass is 404 g/mol. The third kappa shape index (κ3) is 3.77. The summed E-state index contributed by atoms with van der Waals surface area (Å²) in [5, 5.41) is 2.85. The number of nitrogens with zero attached hydrogens (tertiary/aromatic N) is 2. The van der Waals surface area contributed by atoms with Crippen LogP contribution in [0.25, 0.3) is 32.6 Å². The predicted molar refractivity (Wildman–Crippen MR) is 118 cm³/mol. The molecular formula is C22H20N4O2S. The van der Waals surface area contributed by atoms with Gasteiger partial charge in [-0.1, -0.05) is 25.1 Å². The summed E-state index contributed by atoms with van der Waals surface area (Å²) in [6.45, 7) is 1.83. The number of hydrogen-bond acceptors (Lipinski definition) is 6. The molecule has 3 N–H and O–H groups in total. The van der Waals surface area contributed by atoms with E-state index in [1.165, 1.54) is 11.5 Å². The summed E-state index contributed by atoms with van der Waals surface area (Å²) in [4.78, 5) is 17.2. The molecule has 0 aliphatic heterocycles. The molecule has 0 atom stereocenters. The van der Waals surface area contributed by atoms with E-state index in [4.69, 9.17) is 10.5 Å². The molecule has 4 aromatic rings. The van der Waals surface area contributed by atoms with Gasteiger partial charge in [0.15, 0.2) is 0 Å². The maximum Gasteiger partial charge on any atom is 0.224 e. The Morgan fingerprint density at radius 2 is 1.86 bits per heavy atom. The Morgan fingerprint density at radius 1 is 1.10 bits per heavy atom. The number of nitrogens with two attached hydrogens (primary N) is 1. The first kappa shape index (κ1) is 18.9. The first-order chi connectivity index (χ1) is 14.1. The number of ether oxygens (including phenoxy) is 1. The van der Waals surface area contributed by atoms with Gasteiger partial charge in [-0.25, -0.2) is 0 Å². The van der Waals surface area contributed by atoms with E-state index in [9.17, 15) is 4.79 Å². The highest BCUT2D eigenvalue weighted by atomic mass is 32.1. The van der Waals surface area contributed by atoms with E-state index >= 15 is 0 Å². The van der Waals surface area contributed by atoms with Gasteiger partial charge in [-0.3, -0.25) is 9.78 Å². The Kier molecular flexibility index (Phi) is 5.14. The number of hydrogen-bond donors (Lipinski definition) is 2. The Balaban J connectivity index is 1.66. The smallest absolute Gasteiger partial charge is 0.224 e. The van der Waals surface area contributed by atoms with Crippen LogP contribution in [0.5, 0.6) is 5.75 Å². The maximum atomic E-state index is 11.5. The SMILES string of the molecule is CCC(=O)Nc1ccc(-c2snc3cc(-c4ccc(N)c(OC)c4)cnc23)cc1. The van der Waals surface area contributed by atoms with Crippen LogP contribution in [-0.2, 0) is 4.79 Å². The minimum Gasteiger partial charge on any atom is -0.495 e. The van der Waals surface area contributed by atoms with Gasteiger partial charge in [0.2, 0.25) is 5.91 Å². The zero-order valence-electron chi connectivity index (χ0n) is 16.1. The molecular weight excluding hydrogens is 384 g/mol. The van der Waals surface area contributed by atoms with E-state index in [0.29, 0.717) is 17.9 Å². The standard InChI is InChI=1S/C22H20N4O2S/c1-3-20(27)25-16-7-4-13(5-8-16)22-21-18(26-29-22)10-15(12-24-21)14-6-9-17(23)19(11-14)28-2/h4-12H,3,23H2,1-2H3,(H,25,27). The second-order valence-corrected chi connectivity index (χ2v) is 7.31. The number of pyridine rings is 1. The van der Waals surface area contributed by atoms with E-state index < -0.39 is 0 Å². The van der Waals surface area contributed by atoms with Crippen LogP contribution in [0.1, 0.15) is 13.3 Å². The average Bonchev–Trinajstić information content (AvgIpc) is 3.18. The number of nitrogen functional groups attached to an aromatic ring is 1. The highest BCUT2D eigenvalue weighted by Gasteiger charge is 2.12. The molecule has 0 bridgehead atoms. The van der Waals surface area contributed by atoms with Crippen molar-refractivity contribution in [3.63, 3.8) is 0 Å². The molecule has 0 radical (unpaired) electrons. The van der Waals surface area contributed by atoms with Crippen LogP contribution in [0.4, 0.5) is 11.4 Å². The van der Waals surface area contributed by atoms with Gasteiger partial charge in [-0.05, 0) is 53.0 Å². The Hall–Kier alpha value is -3.45. The summed E-state index contributed by atoms with van der Waals surface area (Å²) in [5.74, 6) is 0.631. The van der Waals surface area contributed by atoms with Crippen molar-refractivity contribution >= 4 is 39.8 Å². The number of rotatable bonds is 5. The summed E-state index contributed by atoms with van der Waals surface area (Å²) in [6.07, 6.45) is 2.29. The highest BCUT2D eigenvalue weighted by Crippen LogP contribution is 2.35. The van der Waals surface area contributed by atoms with Crippen molar-refractivity contribution in [2.75, 3.05) is 18.2 Å². The van der Waals surface area contributed by atoms with Crippen molar-refractivity contribution < 1.29 is 9.53 Å². The lowest BCUT2D eigenvalue weighted by Gasteiger charge is -2.07. The van der Waals surface area contributed by atoms with Crippen molar-refractivity contribution in [3.05, 3.63) is 54.7 Å². The van der Waals surface area contributed by atoms with Crippen molar-refractivity contribution in [3.8, 4) is 27.3 Å². The van der Waals surface area contributed by atoms with Crippen molar-refractivity contribution in [1.82, 2.24) is 9.36 Å². The van der Waals surface area contributed by atoms with Gasteiger partial charge in [0.25, 0.3) is 0 Å². The van der Waals surface area contributed by atoms with Gasteiger partial charge in [-0.15, -0.1) is 0 Å². The molecule has 0 unspecified atom stereocenters. The Bertz CT molecular complexity index is 1190. The number of carbonyl (C=O) groups excluding carboxylic acids is 1. The average molecular weight is 404 g/mol. The van der Waals surface area contributed by atoms with Crippen LogP contribution in [0.3, 0.4) is 0 Å². The van der Waals surface area contributed by atoms with Crippen LogP contribution in [0.2, 0.25) is 0 Å². The van der Waals surface area contributed by atoms with Crippen LogP contribution in [-0.4, -0.2) is 22.4 Å². The predicted octanol–water partition coefficient (Wildman–Crippen LogP) is 4.96. The van der Waals surface area contributed by atoms with Crippen molar-refractivity contribution in [2.24, 2.45) is 0 Å². The van der Waals surface area contributed by atoms with Crippen LogP contribution < -0.4 is 15.8 Å². The number of benzene rings is 2. The first-order valence-corrected chi connectivity index (χ1v) is 9.96. The fourth-order valence-corrected chi connectivity index (χ4v) is 3.84. The summed E-state index contributed by atoms with van der Waals surface area (Å²) in [7, 11) is 1.60. The number of anilines is 2. The molecule has 2 aromatic carbocycles. The molecule has 2 aromatic heterocycles. The van der Waals surface area contributed by atoms with Gasteiger partial charge < -0.3 is 15.8 Å². The van der Waals surface area contributed by atoms with E-state index in [1.807, 2.05) is 61.7 Å². The van der Waals surface area contributed by atoms with Crippen molar-refractivity contribution in [2.45, 2.75) is 13.3 Å². The van der Waals surface area contributed by atoms with Gasteiger partial charge in [-0.2, -0.15) is 4.37 Å². The first-order valence-electron chi connectivity index (χ1n) is 9.18. The zero-order valence-corrected chi connectivity index (χ0v) is 16.9. The van der Waals surface area contributed by atoms with Gasteiger partial charge in [0.1, 0.15) is 16.8 Å². The van der Waals surface area contributed by atoms with E-state index in [-0.39, 0.29) is 5.91 Å². The molecule has 0 aliphatic rings. The highest BCUT2D eigenvalue weighted by molar-refractivity contribution is 7.11. The van der Waals surface area contributed by atoms with Gasteiger partial charge in [0, 0.05) is 23.9 Å². The van der Waals surface area contributed by atoms with E-state index in [2.05, 4.69) is 14.7 Å². The molecule has 6 nitrogen and oxygen atoms in total. The topological polar surface area (TPSA) is 90.1 Å². The number of aromatic nitrogens is 2. The fourth-order valence-electron chi connectivity index (χ4n) is 3.03. The Morgan fingerprint density at radius 3 is 2.59 bits per heavy atom. The lowest BCUT2D eigenvalue weighted by Crippen LogP contribution is -2.08. The molecule has 146 valence electrons. The number of methoxy groups -OCH3 is 1. The minimum absolute atomic E-state index is 0.00511. The molecule has 4 rings (SSSR count). The largest absolute Gasteiger partial charge is 0.495 e. The lowest BCUT2D eigenvalue weighted by atomic mass is 10.1. The molecule has 0 saturated heterocycles. The molecule has 0 saturated carbocycles. The fraction of sp³-hybridized carbons (Fsp3) is 0.136. The quantitative estimate of drug-likeness (QED) is 0.459. The van der Waals surface area contributed by atoms with Crippen LogP contribution >= 0.6 is 11.5 Å². The van der Waals surface area contributed by atoms with E-state index in [0.717, 1.165) is 38.3 Å². The summed E-state index contributed by atoms with van der Waals surface area (Å²) in [6, 6.07) is 15.4. The summed E-state index contributed by atoms with van der Waals surface area (Å²) in [5.41, 5.74) is 11.9. The molecule has 29 heavy (non-hydrogen) atoms. The third-order valence-corrected chi connectivity index (χ3v) is 5.54. The number of nitrogens with one attached hydrogen (secondary N) is 1.